The van der Waals surface area contributed by atoms with Gasteiger partial charge in [-0.1, -0.05) is 12.1 Å². The topological polar surface area (TPSA) is 38.8 Å². The van der Waals surface area contributed by atoms with Crippen molar-refractivity contribution < 1.29 is 14.3 Å². The van der Waals surface area contributed by atoms with Crippen LogP contribution in [0.2, 0.25) is 0 Å². The summed E-state index contributed by atoms with van der Waals surface area (Å²) in [7, 11) is 3.21. The smallest absolute Gasteiger partial charge is 0.241 e. The van der Waals surface area contributed by atoms with E-state index in [1.165, 1.54) is 0 Å². The zero-order valence-electron chi connectivity index (χ0n) is 11.8. The number of ether oxygens (including phenoxy) is 2. The number of benzene rings is 1. The fraction of sp³-hybridized carbons (Fsp3) is 0.500. The van der Waals surface area contributed by atoms with Gasteiger partial charge >= 0.3 is 0 Å². The van der Waals surface area contributed by atoms with Gasteiger partial charge in [0, 0.05) is 17.9 Å². The predicted octanol–water partition coefficient (Wildman–Crippen LogP) is 2.91. The molecule has 0 N–H and O–H groups in total. The molecule has 0 aliphatic carbocycles. The van der Waals surface area contributed by atoms with E-state index in [0.29, 0.717) is 18.0 Å². The lowest BCUT2D eigenvalue weighted by molar-refractivity contribution is -0.130. The van der Waals surface area contributed by atoms with E-state index in [2.05, 4.69) is 0 Å². The van der Waals surface area contributed by atoms with Gasteiger partial charge in [-0.25, -0.2) is 0 Å². The molecule has 20 heavy (non-hydrogen) atoms. The van der Waals surface area contributed by atoms with Crippen LogP contribution in [0.4, 0.5) is 0 Å². The van der Waals surface area contributed by atoms with E-state index in [0.717, 1.165) is 11.3 Å². The standard InChI is InChI=1S/C14H18ClNO3S/c1-9(15)13(17)16-7-8-20-14(16)10-5-4-6-11(18-2)12(10)19-3/h4-6,9,14H,7-8H2,1-3H3/t9-,14+/m1/s1. The van der Waals surface area contributed by atoms with Gasteiger partial charge < -0.3 is 14.4 Å². The number of nitrogens with zero attached hydrogens (tertiary/aromatic N) is 1. The molecular weight excluding hydrogens is 298 g/mol. The van der Waals surface area contributed by atoms with E-state index in [1.54, 1.807) is 37.8 Å². The van der Waals surface area contributed by atoms with Gasteiger partial charge in [0.05, 0.1) is 14.2 Å². The zero-order chi connectivity index (χ0) is 14.7. The number of halogens is 1. The summed E-state index contributed by atoms with van der Waals surface area (Å²) in [6, 6.07) is 5.71. The summed E-state index contributed by atoms with van der Waals surface area (Å²) < 4.78 is 10.8. The van der Waals surface area contributed by atoms with Crippen molar-refractivity contribution in [1.29, 1.82) is 0 Å². The van der Waals surface area contributed by atoms with Gasteiger partial charge in [-0.05, 0) is 13.0 Å². The second kappa shape index (κ2) is 6.59. The molecule has 6 heteroatoms. The normalized spacial score (nSPS) is 19.8. The molecule has 1 saturated heterocycles. The number of carbonyl (C=O) groups excluding carboxylic acids is 1. The third-order valence-electron chi connectivity index (χ3n) is 3.21. The minimum Gasteiger partial charge on any atom is -0.493 e. The van der Waals surface area contributed by atoms with Crippen LogP contribution in [0.15, 0.2) is 18.2 Å². The molecule has 0 bridgehead atoms. The first-order chi connectivity index (χ1) is 9.60. The quantitative estimate of drug-likeness (QED) is 0.801. The molecule has 0 radical (unpaired) electrons. The molecule has 1 aliphatic rings. The molecule has 1 heterocycles. The molecule has 1 amide bonds. The van der Waals surface area contributed by atoms with Crippen molar-refractivity contribution >= 4 is 29.3 Å². The highest BCUT2D eigenvalue weighted by Gasteiger charge is 2.34. The van der Waals surface area contributed by atoms with Crippen molar-refractivity contribution in [2.75, 3.05) is 26.5 Å². The lowest BCUT2D eigenvalue weighted by atomic mass is 10.1. The maximum Gasteiger partial charge on any atom is 0.241 e. The van der Waals surface area contributed by atoms with E-state index in [4.69, 9.17) is 21.1 Å². The van der Waals surface area contributed by atoms with Crippen LogP contribution in [0.25, 0.3) is 0 Å². The van der Waals surface area contributed by atoms with Crippen LogP contribution in [-0.2, 0) is 4.79 Å². The third-order valence-corrected chi connectivity index (χ3v) is 4.64. The summed E-state index contributed by atoms with van der Waals surface area (Å²) in [5.74, 6) is 2.19. The van der Waals surface area contributed by atoms with Gasteiger partial charge in [-0.3, -0.25) is 4.79 Å². The van der Waals surface area contributed by atoms with Crippen molar-refractivity contribution in [3.63, 3.8) is 0 Å². The molecular formula is C14H18ClNO3S. The van der Waals surface area contributed by atoms with Gasteiger partial charge in [0.2, 0.25) is 5.91 Å². The van der Waals surface area contributed by atoms with Crippen molar-refractivity contribution in [3.05, 3.63) is 23.8 Å². The average Bonchev–Trinajstić information content (AvgIpc) is 2.94. The van der Waals surface area contributed by atoms with Crippen molar-refractivity contribution in [3.8, 4) is 11.5 Å². The SMILES string of the molecule is COc1cccc([C@@H]2SCCN2C(=O)[C@@H](C)Cl)c1OC. The first-order valence-corrected chi connectivity index (χ1v) is 7.85. The van der Waals surface area contributed by atoms with Gasteiger partial charge in [0.15, 0.2) is 11.5 Å². The Morgan fingerprint density at radius 2 is 2.20 bits per heavy atom. The van der Waals surface area contributed by atoms with Crippen LogP contribution < -0.4 is 9.47 Å². The Hall–Kier alpha value is -1.07. The average molecular weight is 316 g/mol. The minimum absolute atomic E-state index is 0.0495. The molecule has 0 saturated carbocycles. The van der Waals surface area contributed by atoms with Crippen LogP contribution in [0.1, 0.15) is 17.9 Å². The molecule has 0 spiro atoms. The van der Waals surface area contributed by atoms with Crippen LogP contribution in [0.3, 0.4) is 0 Å². The van der Waals surface area contributed by atoms with E-state index >= 15 is 0 Å². The lowest BCUT2D eigenvalue weighted by Gasteiger charge is -2.26. The maximum atomic E-state index is 12.2. The molecule has 1 aromatic carbocycles. The molecule has 0 aromatic heterocycles. The lowest BCUT2D eigenvalue weighted by Crippen LogP contribution is -2.35. The minimum atomic E-state index is -0.521. The van der Waals surface area contributed by atoms with Crippen LogP contribution in [0, 0.1) is 0 Å². The highest BCUT2D eigenvalue weighted by molar-refractivity contribution is 7.99. The van der Waals surface area contributed by atoms with E-state index in [9.17, 15) is 4.79 Å². The monoisotopic (exact) mass is 315 g/mol. The molecule has 1 aliphatic heterocycles. The summed E-state index contributed by atoms with van der Waals surface area (Å²) >= 11 is 7.65. The number of hydrogen-bond donors (Lipinski definition) is 0. The Balaban J connectivity index is 2.37. The van der Waals surface area contributed by atoms with Crippen molar-refractivity contribution in [2.24, 2.45) is 0 Å². The summed E-state index contributed by atoms with van der Waals surface area (Å²) in [5.41, 5.74) is 0.944. The molecule has 1 fully saturated rings. The van der Waals surface area contributed by atoms with Crippen LogP contribution >= 0.6 is 23.4 Å². The summed E-state index contributed by atoms with van der Waals surface area (Å²) in [6.45, 7) is 2.40. The Bertz CT molecular complexity index is 495. The first-order valence-electron chi connectivity index (χ1n) is 6.37. The maximum absolute atomic E-state index is 12.2. The molecule has 2 rings (SSSR count). The zero-order valence-corrected chi connectivity index (χ0v) is 13.3. The summed E-state index contributed by atoms with van der Waals surface area (Å²) in [4.78, 5) is 14.0. The molecule has 2 atom stereocenters. The van der Waals surface area contributed by atoms with Gasteiger partial charge in [0.25, 0.3) is 0 Å². The largest absolute Gasteiger partial charge is 0.493 e. The van der Waals surface area contributed by atoms with E-state index in [-0.39, 0.29) is 11.3 Å². The van der Waals surface area contributed by atoms with Crippen LogP contribution in [-0.4, -0.2) is 42.7 Å². The first kappa shape index (κ1) is 15.3. The highest BCUT2D eigenvalue weighted by Crippen LogP contribution is 2.45. The number of amides is 1. The molecule has 110 valence electrons. The number of carbonyl (C=O) groups is 1. The van der Waals surface area contributed by atoms with Gasteiger partial charge in [-0.2, -0.15) is 0 Å². The highest BCUT2D eigenvalue weighted by atomic mass is 35.5. The molecule has 1 aromatic rings. The fourth-order valence-electron chi connectivity index (χ4n) is 2.29. The third kappa shape index (κ3) is 2.83. The summed E-state index contributed by atoms with van der Waals surface area (Å²) in [5, 5.41) is -0.596. The number of alkyl halides is 1. The van der Waals surface area contributed by atoms with Gasteiger partial charge in [0.1, 0.15) is 10.8 Å². The Morgan fingerprint density at radius 3 is 2.80 bits per heavy atom. The number of para-hydroxylation sites is 1. The Morgan fingerprint density at radius 1 is 1.45 bits per heavy atom. The second-order valence-corrected chi connectivity index (χ2v) is 6.30. The van der Waals surface area contributed by atoms with Gasteiger partial charge in [-0.15, -0.1) is 23.4 Å². The predicted molar refractivity (Wildman–Crippen MR) is 81.8 cm³/mol. The Labute approximate surface area is 128 Å². The molecule has 0 unspecified atom stereocenters. The van der Waals surface area contributed by atoms with Crippen LogP contribution in [0.5, 0.6) is 11.5 Å². The molecule has 4 nitrogen and oxygen atoms in total. The number of methoxy groups -OCH3 is 2. The van der Waals surface area contributed by atoms with Crippen molar-refractivity contribution in [2.45, 2.75) is 17.7 Å². The van der Waals surface area contributed by atoms with E-state index in [1.807, 2.05) is 18.2 Å². The number of rotatable bonds is 4. The fourth-order valence-corrected chi connectivity index (χ4v) is 3.69. The summed E-state index contributed by atoms with van der Waals surface area (Å²) in [6.07, 6.45) is 0. The van der Waals surface area contributed by atoms with Crippen molar-refractivity contribution in [1.82, 2.24) is 4.90 Å². The number of hydrogen-bond acceptors (Lipinski definition) is 4. The Kier molecular flexibility index (Phi) is 5.05. The number of thioether (sulfide) groups is 1. The second-order valence-electron chi connectivity index (χ2n) is 4.45. The van der Waals surface area contributed by atoms with E-state index < -0.39 is 5.38 Å².